The zero-order valence-corrected chi connectivity index (χ0v) is 35.1. The number of piperazine rings is 1. The Morgan fingerprint density at radius 2 is 1.40 bits per heavy atom. The minimum absolute atomic E-state index is 0.124. The van der Waals surface area contributed by atoms with Crippen LogP contribution in [0.5, 0.6) is 0 Å². The lowest BCUT2D eigenvalue weighted by molar-refractivity contribution is -0.136. The summed E-state index contributed by atoms with van der Waals surface area (Å²) < 4.78 is 39.3. The molecule has 0 spiro atoms. The monoisotopic (exact) mass is 863 g/mol. The lowest BCUT2D eigenvalue weighted by Crippen LogP contribution is -2.52. The largest absolute Gasteiger partial charge is 0.478 e. The zero-order chi connectivity index (χ0) is 43.1. The summed E-state index contributed by atoms with van der Waals surface area (Å²) in [6, 6.07) is 25.7. The van der Waals surface area contributed by atoms with Crippen molar-refractivity contribution in [3.63, 3.8) is 0 Å². The Hall–Kier alpha value is -5.60. The van der Waals surface area contributed by atoms with Crippen molar-refractivity contribution in [2.75, 3.05) is 55.6 Å². The van der Waals surface area contributed by atoms with E-state index >= 15 is 0 Å². The van der Waals surface area contributed by atoms with Crippen LogP contribution in [0.25, 0.3) is 11.1 Å². The fraction of sp³-hybridized carbons (Fsp3) is 0.375. The molecule has 0 unspecified atom stereocenters. The van der Waals surface area contributed by atoms with Gasteiger partial charge in [-0.1, -0.05) is 30.3 Å². The molecule has 3 fully saturated rings. The topological polar surface area (TPSA) is 114 Å². The van der Waals surface area contributed by atoms with E-state index in [1.54, 1.807) is 29.2 Å². The molecule has 4 aliphatic heterocycles. The standard InChI is InChI=1S/C48H48F3N5O5S/c49-48(50,51)62-38-12-6-31(7-13-38)39-3-1-2-33-26-34(47(60)61)8-14-40(33)44(39)32-4-9-36(10-5-32)54-20-18-30(19-21-54)28-53-22-24-55(25-23-53)37-11-15-41-35(27-37)29-56(46(41)59)42-16-17-43(57)52-45(42)58/h4-15,26-27,30,42H,1-3,16-25,28-29H2,(H,60,61)(H,52,57,58)/t42-/m0/s1. The van der Waals surface area contributed by atoms with Crippen LogP contribution >= 0.6 is 11.8 Å². The molecule has 14 heteroatoms. The van der Waals surface area contributed by atoms with Crippen LogP contribution in [0.2, 0.25) is 0 Å². The molecule has 0 aromatic heterocycles. The molecule has 4 heterocycles. The van der Waals surface area contributed by atoms with Crippen molar-refractivity contribution in [2.45, 2.75) is 67.9 Å². The summed E-state index contributed by atoms with van der Waals surface area (Å²) in [6.07, 6.45) is 4.93. The van der Waals surface area contributed by atoms with Gasteiger partial charge in [-0.05, 0) is 150 Å². The van der Waals surface area contributed by atoms with Crippen LogP contribution < -0.4 is 15.1 Å². The van der Waals surface area contributed by atoms with E-state index in [0.29, 0.717) is 37.3 Å². The van der Waals surface area contributed by atoms with Gasteiger partial charge in [0.25, 0.3) is 5.91 Å². The van der Waals surface area contributed by atoms with Gasteiger partial charge in [0, 0.05) is 80.6 Å². The molecular formula is C48H48F3N5O5S. The fourth-order valence-electron chi connectivity index (χ4n) is 9.92. The number of allylic oxidation sites excluding steroid dienone is 1. The minimum Gasteiger partial charge on any atom is -0.478 e. The molecule has 3 saturated heterocycles. The van der Waals surface area contributed by atoms with Gasteiger partial charge in [-0.2, -0.15) is 13.2 Å². The number of aryl methyl sites for hydroxylation is 1. The summed E-state index contributed by atoms with van der Waals surface area (Å²) in [6.45, 7) is 7.01. The average molecular weight is 864 g/mol. The summed E-state index contributed by atoms with van der Waals surface area (Å²) in [7, 11) is 0. The minimum atomic E-state index is -4.37. The normalized spacial score (nSPS) is 20.3. The number of piperidine rings is 2. The number of nitrogens with zero attached hydrogens (tertiary/aromatic N) is 4. The van der Waals surface area contributed by atoms with Gasteiger partial charge >= 0.3 is 11.5 Å². The molecule has 4 aromatic rings. The first kappa shape index (κ1) is 41.7. The molecule has 2 N–H and O–H groups in total. The van der Waals surface area contributed by atoms with E-state index in [1.807, 2.05) is 18.2 Å². The molecule has 4 aromatic carbocycles. The summed E-state index contributed by atoms with van der Waals surface area (Å²) in [5.74, 6) is -1.24. The van der Waals surface area contributed by atoms with Crippen LogP contribution in [0.1, 0.15) is 87.1 Å². The summed E-state index contributed by atoms with van der Waals surface area (Å²) in [5.41, 5.74) is 5.41. The van der Waals surface area contributed by atoms with Crippen molar-refractivity contribution >= 4 is 58.0 Å². The fourth-order valence-corrected chi connectivity index (χ4v) is 10.5. The predicted molar refractivity (Wildman–Crippen MR) is 233 cm³/mol. The van der Waals surface area contributed by atoms with E-state index in [-0.39, 0.29) is 40.5 Å². The SMILES string of the molecule is O=C1CC[C@H](N2Cc3cc(N4CCN(CC5CCN(c6ccc(C7=C(c8ccc(SC(F)(F)F)cc8)CCCc8cc(C(=O)O)ccc87)cc6)CC5)CC4)ccc3C2=O)C(=O)N1. The highest BCUT2D eigenvalue weighted by molar-refractivity contribution is 8.00. The number of fused-ring (bicyclic) bond motifs is 2. The van der Waals surface area contributed by atoms with Crippen LogP contribution in [0.15, 0.2) is 89.8 Å². The molecule has 0 saturated carbocycles. The average Bonchev–Trinajstić information content (AvgIpc) is 3.45. The van der Waals surface area contributed by atoms with Gasteiger partial charge in [0.15, 0.2) is 0 Å². The molecule has 1 aliphatic carbocycles. The number of alkyl halides is 3. The Labute approximate surface area is 362 Å². The number of thioether (sulfide) groups is 1. The number of hydrogen-bond acceptors (Lipinski definition) is 8. The van der Waals surface area contributed by atoms with E-state index in [0.717, 1.165) is 115 Å². The number of carbonyl (C=O) groups excluding carboxylic acids is 3. The van der Waals surface area contributed by atoms with Gasteiger partial charge in [0.05, 0.1) is 5.56 Å². The third-order valence-electron chi connectivity index (χ3n) is 13.1. The van der Waals surface area contributed by atoms with E-state index in [1.165, 1.54) is 12.1 Å². The van der Waals surface area contributed by atoms with E-state index in [2.05, 4.69) is 50.3 Å². The van der Waals surface area contributed by atoms with Crippen molar-refractivity contribution in [3.8, 4) is 0 Å². The van der Waals surface area contributed by atoms with Crippen molar-refractivity contribution in [2.24, 2.45) is 5.92 Å². The lowest BCUT2D eigenvalue weighted by Gasteiger charge is -2.40. The van der Waals surface area contributed by atoms with Crippen LogP contribution in [-0.4, -0.2) is 96.0 Å². The number of nitrogens with one attached hydrogen (secondary N) is 1. The number of carboxylic acids is 1. The molecule has 5 aliphatic rings. The molecule has 9 rings (SSSR count). The van der Waals surface area contributed by atoms with Gasteiger partial charge < -0.3 is 19.8 Å². The second-order valence-corrected chi connectivity index (χ2v) is 18.1. The number of halogens is 3. The highest BCUT2D eigenvalue weighted by Gasteiger charge is 2.39. The number of benzene rings is 4. The van der Waals surface area contributed by atoms with Crippen molar-refractivity contribution in [1.29, 1.82) is 0 Å². The number of aromatic carboxylic acids is 1. The van der Waals surface area contributed by atoms with Gasteiger partial charge in [-0.25, -0.2) is 4.79 Å². The maximum absolute atomic E-state index is 13.2. The van der Waals surface area contributed by atoms with Gasteiger partial charge in [-0.15, -0.1) is 0 Å². The highest BCUT2D eigenvalue weighted by Crippen LogP contribution is 2.43. The smallest absolute Gasteiger partial charge is 0.446 e. The van der Waals surface area contributed by atoms with Crippen LogP contribution in [0.4, 0.5) is 24.5 Å². The van der Waals surface area contributed by atoms with Crippen LogP contribution in [-0.2, 0) is 22.6 Å². The van der Waals surface area contributed by atoms with Gasteiger partial charge in [0.1, 0.15) is 6.04 Å². The lowest BCUT2D eigenvalue weighted by atomic mass is 9.87. The van der Waals surface area contributed by atoms with Gasteiger partial charge in [0.2, 0.25) is 11.8 Å². The first-order valence-corrected chi connectivity index (χ1v) is 22.2. The Balaban J connectivity index is 0.823. The predicted octanol–water partition coefficient (Wildman–Crippen LogP) is 8.09. The van der Waals surface area contributed by atoms with E-state index in [9.17, 15) is 37.5 Å². The Kier molecular flexibility index (Phi) is 11.6. The number of hydrogen-bond donors (Lipinski definition) is 2. The number of rotatable bonds is 9. The highest BCUT2D eigenvalue weighted by atomic mass is 32.2. The van der Waals surface area contributed by atoms with Crippen molar-refractivity contribution < 1.29 is 37.5 Å². The Bertz CT molecular complexity index is 2420. The second kappa shape index (κ2) is 17.3. The third-order valence-corrected chi connectivity index (χ3v) is 13.9. The number of carboxylic acid groups (broad SMARTS) is 1. The van der Waals surface area contributed by atoms with Crippen LogP contribution in [0.3, 0.4) is 0 Å². The number of imide groups is 1. The van der Waals surface area contributed by atoms with Crippen LogP contribution in [0, 0.1) is 5.92 Å². The van der Waals surface area contributed by atoms with E-state index < -0.39 is 23.4 Å². The second-order valence-electron chi connectivity index (χ2n) is 17.0. The first-order chi connectivity index (χ1) is 29.9. The molecule has 322 valence electrons. The molecule has 3 amide bonds. The summed E-state index contributed by atoms with van der Waals surface area (Å²) >= 11 is -0.124. The molecule has 1 atom stereocenters. The number of amides is 3. The third kappa shape index (κ3) is 8.85. The number of anilines is 2. The molecule has 62 heavy (non-hydrogen) atoms. The molecule has 0 bridgehead atoms. The Morgan fingerprint density at radius 1 is 0.726 bits per heavy atom. The summed E-state index contributed by atoms with van der Waals surface area (Å²) in [4.78, 5) is 58.3. The maximum Gasteiger partial charge on any atom is 0.446 e. The molecular weight excluding hydrogens is 816 g/mol. The quantitative estimate of drug-likeness (QED) is 0.127. The zero-order valence-electron chi connectivity index (χ0n) is 34.3. The molecule has 10 nitrogen and oxygen atoms in total. The summed E-state index contributed by atoms with van der Waals surface area (Å²) in [5, 5.41) is 12.1. The molecule has 0 radical (unpaired) electrons. The first-order valence-electron chi connectivity index (χ1n) is 21.4. The Morgan fingerprint density at radius 3 is 2.10 bits per heavy atom. The van der Waals surface area contributed by atoms with E-state index in [4.69, 9.17) is 0 Å². The maximum atomic E-state index is 13.2. The van der Waals surface area contributed by atoms with Crippen molar-refractivity contribution in [1.82, 2.24) is 15.1 Å². The van der Waals surface area contributed by atoms with Gasteiger partial charge in [-0.3, -0.25) is 24.6 Å². The van der Waals surface area contributed by atoms with Crippen molar-refractivity contribution in [3.05, 3.63) is 124 Å². The number of carbonyl (C=O) groups is 4.